The lowest BCUT2D eigenvalue weighted by atomic mass is 9.66. The molecule has 2 amide bonds. The number of imide groups is 1. The fraction of sp³-hybridized carbons (Fsp3) is 0.524. The van der Waals surface area contributed by atoms with Crippen molar-refractivity contribution in [2.75, 3.05) is 4.90 Å². The van der Waals surface area contributed by atoms with E-state index >= 15 is 0 Å². The molecule has 5 rings (SSSR count). The summed E-state index contributed by atoms with van der Waals surface area (Å²) in [5.41, 5.74) is 4.92. The number of amides is 2. The van der Waals surface area contributed by atoms with E-state index in [1.54, 1.807) is 11.1 Å². The Balaban J connectivity index is 1.63. The van der Waals surface area contributed by atoms with Gasteiger partial charge in [-0.2, -0.15) is 0 Å². The normalized spacial score (nSPS) is 34.6. The third-order valence-corrected chi connectivity index (χ3v) is 6.85. The van der Waals surface area contributed by atoms with Gasteiger partial charge in [0.2, 0.25) is 11.8 Å². The average Bonchev–Trinajstić information content (AvgIpc) is 3.26. The number of carbonyl (C=O) groups excluding carboxylic acids is 2. The quantitative estimate of drug-likeness (QED) is 0.579. The minimum absolute atomic E-state index is 0.0645. The van der Waals surface area contributed by atoms with Crippen LogP contribution in [0.25, 0.3) is 0 Å². The number of nitrogens with zero attached hydrogens (tertiary/aromatic N) is 1. The topological polar surface area (TPSA) is 37.4 Å². The van der Waals surface area contributed by atoms with Gasteiger partial charge in [-0.1, -0.05) is 29.3 Å². The average molecular weight is 321 g/mol. The molecule has 3 aliphatic carbocycles. The Hall–Kier alpha value is -1.90. The highest BCUT2D eigenvalue weighted by Crippen LogP contribution is 2.58. The molecule has 1 aromatic carbocycles. The molecule has 3 fully saturated rings. The molecule has 1 aromatic rings. The highest BCUT2D eigenvalue weighted by Gasteiger charge is 2.59. The van der Waals surface area contributed by atoms with E-state index in [1.165, 1.54) is 17.7 Å². The molecule has 0 unspecified atom stereocenters. The lowest BCUT2D eigenvalue weighted by molar-refractivity contribution is -0.122. The number of benzene rings is 1. The van der Waals surface area contributed by atoms with E-state index in [4.69, 9.17) is 0 Å². The van der Waals surface area contributed by atoms with Gasteiger partial charge in [-0.25, -0.2) is 4.90 Å². The largest absolute Gasteiger partial charge is 0.274 e. The third kappa shape index (κ3) is 1.73. The second-order valence-corrected chi connectivity index (χ2v) is 7.90. The summed E-state index contributed by atoms with van der Waals surface area (Å²) in [5, 5.41) is 0. The molecular weight excluding hydrogens is 298 g/mol. The van der Waals surface area contributed by atoms with Gasteiger partial charge in [-0.3, -0.25) is 9.59 Å². The number of fused-ring (bicyclic) bond motifs is 5. The number of allylic oxidation sites excluding steroid dienone is 2. The molecule has 0 radical (unpaired) electrons. The van der Waals surface area contributed by atoms with Crippen molar-refractivity contribution in [2.45, 2.75) is 45.4 Å². The van der Waals surface area contributed by atoms with Crippen LogP contribution in [0.15, 0.2) is 35.4 Å². The number of rotatable bonds is 1. The van der Waals surface area contributed by atoms with Gasteiger partial charge in [0.05, 0.1) is 17.5 Å². The summed E-state index contributed by atoms with van der Waals surface area (Å²) in [4.78, 5) is 28.2. The van der Waals surface area contributed by atoms with Crippen molar-refractivity contribution >= 4 is 17.5 Å². The summed E-state index contributed by atoms with van der Waals surface area (Å²) in [6.07, 6.45) is 6.87. The van der Waals surface area contributed by atoms with E-state index in [0.29, 0.717) is 11.8 Å². The van der Waals surface area contributed by atoms with Gasteiger partial charge in [0.1, 0.15) is 0 Å². The van der Waals surface area contributed by atoms with Crippen LogP contribution in [-0.4, -0.2) is 11.8 Å². The van der Waals surface area contributed by atoms with Gasteiger partial charge in [-0.05, 0) is 68.9 Å². The number of hydrogen-bond donors (Lipinski definition) is 0. The van der Waals surface area contributed by atoms with Gasteiger partial charge in [-0.15, -0.1) is 0 Å². The molecule has 4 atom stereocenters. The minimum atomic E-state index is -0.0959. The Labute approximate surface area is 142 Å². The predicted octanol–water partition coefficient (Wildman–Crippen LogP) is 4.01. The molecule has 4 aliphatic rings. The summed E-state index contributed by atoms with van der Waals surface area (Å²) in [7, 11) is 0. The lowest BCUT2D eigenvalue weighted by Crippen LogP contribution is -2.35. The van der Waals surface area contributed by atoms with Crippen molar-refractivity contribution in [3.05, 3.63) is 41.0 Å². The molecular formula is C21H23NO2. The molecule has 1 saturated heterocycles. The Bertz CT molecular complexity index is 736. The van der Waals surface area contributed by atoms with E-state index in [1.807, 2.05) is 31.2 Å². The maximum Gasteiger partial charge on any atom is 0.238 e. The number of anilines is 1. The van der Waals surface area contributed by atoms with E-state index in [9.17, 15) is 9.59 Å². The molecule has 0 aromatic heterocycles. The first kappa shape index (κ1) is 14.4. The van der Waals surface area contributed by atoms with Crippen molar-refractivity contribution in [3.8, 4) is 0 Å². The van der Waals surface area contributed by atoms with E-state index in [-0.39, 0.29) is 23.7 Å². The van der Waals surface area contributed by atoms with Crippen LogP contribution in [0, 0.1) is 30.6 Å². The SMILES string of the molecule is Cc1ccccc1N1C(=O)[C@@H]2[C@H](C1=O)[C@@H]1CCCC1=C1CCC[C@H]12. The summed E-state index contributed by atoms with van der Waals surface area (Å²) >= 11 is 0. The number of carbonyl (C=O) groups is 2. The molecule has 2 saturated carbocycles. The van der Waals surface area contributed by atoms with Crippen molar-refractivity contribution in [3.63, 3.8) is 0 Å². The standard InChI is InChI=1S/C21H23NO2/c1-12-6-2-3-11-17(12)22-20(23)18-15-9-4-7-13(15)14-8-5-10-16(14)19(18)21(22)24/h2-3,6,11,15-16,18-19H,4-5,7-10H2,1H3/t15-,16-,18-,19+/m1/s1. The monoisotopic (exact) mass is 321 g/mol. The number of hydrogen-bond acceptors (Lipinski definition) is 2. The first-order valence-corrected chi connectivity index (χ1v) is 9.33. The van der Waals surface area contributed by atoms with Crippen LogP contribution in [0.1, 0.15) is 44.1 Å². The van der Waals surface area contributed by atoms with Gasteiger partial charge < -0.3 is 0 Å². The zero-order chi connectivity index (χ0) is 16.4. The zero-order valence-corrected chi connectivity index (χ0v) is 14.1. The third-order valence-electron chi connectivity index (χ3n) is 6.85. The molecule has 0 spiro atoms. The maximum atomic E-state index is 13.3. The van der Waals surface area contributed by atoms with Gasteiger partial charge in [0.15, 0.2) is 0 Å². The molecule has 3 nitrogen and oxygen atoms in total. The van der Waals surface area contributed by atoms with E-state index in [2.05, 4.69) is 0 Å². The molecule has 0 N–H and O–H groups in total. The summed E-state index contributed by atoms with van der Waals surface area (Å²) < 4.78 is 0. The predicted molar refractivity (Wildman–Crippen MR) is 92.4 cm³/mol. The van der Waals surface area contributed by atoms with Crippen molar-refractivity contribution in [1.29, 1.82) is 0 Å². The first-order valence-electron chi connectivity index (χ1n) is 9.33. The second-order valence-electron chi connectivity index (χ2n) is 7.90. The van der Waals surface area contributed by atoms with E-state index in [0.717, 1.165) is 36.9 Å². The van der Waals surface area contributed by atoms with Crippen LogP contribution < -0.4 is 4.90 Å². The number of para-hydroxylation sites is 1. The van der Waals surface area contributed by atoms with Crippen LogP contribution in [0.4, 0.5) is 5.69 Å². The van der Waals surface area contributed by atoms with Gasteiger partial charge in [0, 0.05) is 0 Å². The Kier molecular flexibility index (Phi) is 3.04. The van der Waals surface area contributed by atoms with Crippen LogP contribution in [0.5, 0.6) is 0 Å². The Morgan fingerprint density at radius 1 is 0.875 bits per heavy atom. The molecule has 124 valence electrons. The fourth-order valence-electron chi connectivity index (χ4n) is 5.94. The van der Waals surface area contributed by atoms with E-state index < -0.39 is 0 Å². The molecule has 3 heteroatoms. The van der Waals surface area contributed by atoms with Crippen molar-refractivity contribution in [1.82, 2.24) is 0 Å². The van der Waals surface area contributed by atoms with Crippen LogP contribution in [0.2, 0.25) is 0 Å². The first-order chi connectivity index (χ1) is 11.7. The van der Waals surface area contributed by atoms with Crippen LogP contribution in [0.3, 0.4) is 0 Å². The van der Waals surface area contributed by atoms with Crippen molar-refractivity contribution < 1.29 is 9.59 Å². The highest BCUT2D eigenvalue weighted by atomic mass is 16.2. The zero-order valence-electron chi connectivity index (χ0n) is 14.1. The van der Waals surface area contributed by atoms with Gasteiger partial charge >= 0.3 is 0 Å². The Morgan fingerprint density at radius 3 is 1.96 bits per heavy atom. The highest BCUT2D eigenvalue weighted by molar-refractivity contribution is 6.23. The maximum absolute atomic E-state index is 13.3. The smallest absolute Gasteiger partial charge is 0.238 e. The molecule has 1 aliphatic heterocycles. The molecule has 1 heterocycles. The summed E-state index contributed by atoms with van der Waals surface area (Å²) in [5.74, 6) is 0.613. The van der Waals surface area contributed by atoms with Crippen molar-refractivity contribution in [2.24, 2.45) is 23.7 Å². The molecule has 24 heavy (non-hydrogen) atoms. The fourth-order valence-corrected chi connectivity index (χ4v) is 5.94. The van der Waals surface area contributed by atoms with Crippen LogP contribution >= 0.6 is 0 Å². The summed E-state index contributed by atoms with van der Waals surface area (Å²) in [6.45, 7) is 1.98. The summed E-state index contributed by atoms with van der Waals surface area (Å²) in [6, 6.07) is 7.78. The second kappa shape index (κ2) is 5.05. The van der Waals surface area contributed by atoms with Gasteiger partial charge in [0.25, 0.3) is 0 Å². The Morgan fingerprint density at radius 2 is 1.42 bits per heavy atom. The lowest BCUT2D eigenvalue weighted by Gasteiger charge is -2.34. The molecule has 0 bridgehead atoms. The number of aryl methyl sites for hydroxylation is 1. The van der Waals surface area contributed by atoms with Crippen LogP contribution in [-0.2, 0) is 9.59 Å². The minimum Gasteiger partial charge on any atom is -0.274 e.